The van der Waals surface area contributed by atoms with Gasteiger partial charge in [0, 0.05) is 0 Å². The first-order valence-electron chi connectivity index (χ1n) is 5.78. The molecule has 0 saturated carbocycles. The van der Waals surface area contributed by atoms with Crippen molar-refractivity contribution in [3.8, 4) is 5.95 Å². The Morgan fingerprint density at radius 3 is 2.12 bits per heavy atom. The number of aromatic nitrogens is 2. The monoisotopic (exact) mass is 359 g/mol. The van der Waals surface area contributed by atoms with Crippen LogP contribution in [-0.4, -0.2) is 11.2 Å². The van der Waals surface area contributed by atoms with Gasteiger partial charge in [0.2, 0.25) is 6.20 Å². The highest BCUT2D eigenvalue weighted by Gasteiger charge is 2.42. The number of alkyl halides is 3. The molecule has 1 aromatic carbocycles. The molecule has 0 radical (unpaired) electrons. The van der Waals surface area contributed by atoms with Gasteiger partial charge in [0.25, 0.3) is 12.5 Å². The van der Waals surface area contributed by atoms with E-state index in [1.165, 1.54) is 5.32 Å². The molecular weight excluding hydrogens is 355 g/mol. The number of anilines is 1. The van der Waals surface area contributed by atoms with E-state index in [0.29, 0.717) is 10.9 Å². The van der Waals surface area contributed by atoms with Gasteiger partial charge in [0.15, 0.2) is 23.3 Å². The van der Waals surface area contributed by atoms with Gasteiger partial charge in [0.1, 0.15) is 17.2 Å². The second kappa shape index (κ2) is 5.98. The van der Waals surface area contributed by atoms with Crippen LogP contribution in [0.4, 0.5) is 36.4 Å². The van der Waals surface area contributed by atoms with Crippen LogP contribution in [-0.2, 0) is 17.5 Å². The van der Waals surface area contributed by atoms with Gasteiger partial charge in [0.05, 0.1) is 5.27 Å². The lowest BCUT2D eigenvalue weighted by molar-refractivity contribution is -0.750. The number of hydrogen-bond donors (Lipinski definition) is 1. The van der Waals surface area contributed by atoms with Crippen LogP contribution in [0.25, 0.3) is 0 Å². The third kappa shape index (κ3) is 3.23. The molecule has 130 valence electrons. The molecule has 0 fully saturated rings. The summed E-state index contributed by atoms with van der Waals surface area (Å²) in [6, 6.07) is 0. The summed E-state index contributed by atoms with van der Waals surface area (Å²) >= 11 is 0. The Morgan fingerprint density at radius 1 is 1.17 bits per heavy atom. The highest BCUT2D eigenvalue weighted by Crippen LogP contribution is 2.38. The summed E-state index contributed by atoms with van der Waals surface area (Å²) in [5, 5.41) is 15.0. The molecule has 1 N–H and O–H groups in total. The molecule has 0 bridgehead atoms. The number of benzene rings is 1. The number of carbonyl (C=O) groups excluding carboxylic acids is 1. The van der Waals surface area contributed by atoms with E-state index in [2.05, 4.69) is 9.79 Å². The Balaban J connectivity index is 2.36. The molecule has 1 aromatic heterocycles. The number of carbonyl (C=O) groups is 1. The molecule has 24 heavy (non-hydrogen) atoms. The molecule has 0 saturated heterocycles. The number of hydrogen-bond acceptors (Lipinski definition) is 4. The fourth-order valence-electron chi connectivity index (χ4n) is 1.65. The van der Waals surface area contributed by atoms with Crippen molar-refractivity contribution in [1.29, 1.82) is 0 Å². The average molecular weight is 359 g/mol. The van der Waals surface area contributed by atoms with Crippen molar-refractivity contribution in [2.75, 3.05) is 5.32 Å². The third-order valence-electron chi connectivity index (χ3n) is 2.61. The van der Waals surface area contributed by atoms with Crippen molar-refractivity contribution in [2.24, 2.45) is 0 Å². The first-order valence-corrected chi connectivity index (χ1v) is 5.78. The SMILES string of the molecule is O=C(C[n+]1cc([O-])on1)Nc1c(F)c(F)c(C(F)(F)F)c(F)c1F. The maximum absolute atomic E-state index is 13.5. The highest BCUT2D eigenvalue weighted by atomic mass is 19.4. The zero-order valence-electron chi connectivity index (χ0n) is 11.0. The van der Waals surface area contributed by atoms with Crippen molar-refractivity contribution in [1.82, 2.24) is 5.27 Å². The van der Waals surface area contributed by atoms with Gasteiger partial charge in [-0.3, -0.25) is 4.79 Å². The first-order chi connectivity index (χ1) is 11.0. The van der Waals surface area contributed by atoms with E-state index in [0.717, 1.165) is 0 Å². The van der Waals surface area contributed by atoms with Crippen LogP contribution in [0.1, 0.15) is 5.56 Å². The molecule has 0 aliphatic rings. The Kier molecular flexibility index (Phi) is 4.36. The molecular formula is C11H4F7N3O3. The zero-order valence-corrected chi connectivity index (χ0v) is 11.0. The van der Waals surface area contributed by atoms with Gasteiger partial charge >= 0.3 is 6.18 Å². The second-order valence-corrected chi connectivity index (χ2v) is 4.27. The number of rotatable bonds is 3. The molecule has 13 heteroatoms. The fourth-order valence-corrected chi connectivity index (χ4v) is 1.65. The zero-order chi connectivity index (χ0) is 18.2. The van der Waals surface area contributed by atoms with Crippen LogP contribution >= 0.6 is 0 Å². The molecule has 6 nitrogen and oxygen atoms in total. The summed E-state index contributed by atoms with van der Waals surface area (Å²) in [6.07, 6.45) is -5.03. The Bertz CT molecular complexity index is 774. The second-order valence-electron chi connectivity index (χ2n) is 4.27. The van der Waals surface area contributed by atoms with E-state index >= 15 is 0 Å². The summed E-state index contributed by atoms with van der Waals surface area (Å²) in [4.78, 5) is 11.5. The minimum Gasteiger partial charge on any atom is -0.539 e. The molecule has 2 aromatic rings. The van der Waals surface area contributed by atoms with Crippen molar-refractivity contribution in [3.63, 3.8) is 0 Å². The van der Waals surface area contributed by atoms with Crippen LogP contribution in [0.5, 0.6) is 5.95 Å². The molecule has 0 atom stereocenters. The van der Waals surface area contributed by atoms with Gasteiger partial charge in [-0.2, -0.15) is 13.2 Å². The van der Waals surface area contributed by atoms with Crippen molar-refractivity contribution < 1.29 is 49.8 Å². The van der Waals surface area contributed by atoms with E-state index in [9.17, 15) is 40.6 Å². The lowest BCUT2D eigenvalue weighted by atomic mass is 10.1. The van der Waals surface area contributed by atoms with Crippen LogP contribution in [0.15, 0.2) is 10.7 Å². The van der Waals surface area contributed by atoms with Crippen molar-refractivity contribution in [2.45, 2.75) is 12.7 Å². The lowest BCUT2D eigenvalue weighted by Gasteiger charge is -2.14. The third-order valence-corrected chi connectivity index (χ3v) is 2.61. The van der Waals surface area contributed by atoms with Crippen LogP contribution in [0.3, 0.4) is 0 Å². The smallest absolute Gasteiger partial charge is 0.422 e. The molecule has 1 amide bonds. The molecule has 0 unspecified atom stereocenters. The van der Waals surface area contributed by atoms with Crippen molar-refractivity contribution >= 4 is 11.6 Å². The predicted molar refractivity (Wildman–Crippen MR) is 56.0 cm³/mol. The van der Waals surface area contributed by atoms with Crippen LogP contribution in [0.2, 0.25) is 0 Å². The molecule has 0 aliphatic carbocycles. The Morgan fingerprint density at radius 2 is 1.71 bits per heavy atom. The van der Waals surface area contributed by atoms with Gasteiger partial charge in [-0.25, -0.2) is 17.6 Å². The van der Waals surface area contributed by atoms with Gasteiger partial charge in [-0.05, 0) is 0 Å². The average Bonchev–Trinajstić information content (AvgIpc) is 2.85. The maximum atomic E-state index is 13.5. The van der Waals surface area contributed by atoms with Gasteiger partial charge in [-0.1, -0.05) is 4.68 Å². The largest absolute Gasteiger partial charge is 0.539 e. The molecule has 1 heterocycles. The van der Waals surface area contributed by atoms with E-state index in [1.54, 1.807) is 0 Å². The summed E-state index contributed by atoms with van der Waals surface area (Å²) in [5.41, 5.74) is -4.52. The summed E-state index contributed by atoms with van der Waals surface area (Å²) in [7, 11) is 0. The number of halogens is 7. The summed E-state index contributed by atoms with van der Waals surface area (Å²) in [5.74, 6) is -12.6. The number of nitrogens with zero attached hydrogens (tertiary/aromatic N) is 2. The van der Waals surface area contributed by atoms with E-state index in [4.69, 9.17) is 0 Å². The Hall–Kier alpha value is -2.86. The predicted octanol–water partition coefficient (Wildman–Crippen LogP) is 1.25. The topological polar surface area (TPSA) is 82.1 Å². The van der Waals surface area contributed by atoms with E-state index in [-0.39, 0.29) is 0 Å². The quantitative estimate of drug-likeness (QED) is 0.508. The minimum absolute atomic E-state index is 0.574. The maximum Gasteiger partial charge on any atom is 0.422 e. The fraction of sp³-hybridized carbons (Fsp3) is 0.182. The number of amides is 1. The summed E-state index contributed by atoms with van der Waals surface area (Å²) in [6.45, 7) is -0.866. The Labute approximate surface area is 127 Å². The lowest BCUT2D eigenvalue weighted by Crippen LogP contribution is -2.41. The number of nitrogens with one attached hydrogen (secondary N) is 1. The van der Waals surface area contributed by atoms with E-state index in [1.807, 2.05) is 0 Å². The van der Waals surface area contributed by atoms with Crippen molar-refractivity contribution in [3.05, 3.63) is 35.0 Å². The van der Waals surface area contributed by atoms with Crippen LogP contribution < -0.4 is 15.1 Å². The first kappa shape index (κ1) is 17.5. The molecule has 0 spiro atoms. The minimum atomic E-state index is -5.69. The summed E-state index contributed by atoms with van der Waals surface area (Å²) < 4.78 is 95.6. The van der Waals surface area contributed by atoms with E-state index < -0.39 is 59.1 Å². The normalized spacial score (nSPS) is 11.6. The van der Waals surface area contributed by atoms with Gasteiger partial charge < -0.3 is 14.9 Å². The molecule has 0 aliphatic heterocycles. The standard InChI is InChI=1S/C11H4F7N3O3/c12-6-5(11(16,17)18)7(13)9(15)10(8(6)14)19-3(22)1-21-2-4(23)24-20-21/h2H,1H2,(H-,19,20,22,23). The van der Waals surface area contributed by atoms with Gasteiger partial charge in [-0.15, -0.1) is 0 Å². The highest BCUT2D eigenvalue weighted by molar-refractivity contribution is 5.90. The van der Waals surface area contributed by atoms with Crippen LogP contribution in [0, 0.1) is 23.3 Å². The molecule has 2 rings (SSSR count).